The summed E-state index contributed by atoms with van der Waals surface area (Å²) in [7, 11) is 0. The highest BCUT2D eigenvalue weighted by molar-refractivity contribution is 5.88. The van der Waals surface area contributed by atoms with Crippen molar-refractivity contribution >= 4 is 5.91 Å². The van der Waals surface area contributed by atoms with Crippen LogP contribution in [0, 0.1) is 0 Å². The summed E-state index contributed by atoms with van der Waals surface area (Å²) < 4.78 is 0. The van der Waals surface area contributed by atoms with E-state index in [9.17, 15) is 4.79 Å². The molecule has 0 saturated heterocycles. The van der Waals surface area contributed by atoms with E-state index in [1.54, 1.807) is 6.33 Å². The Kier molecular flexibility index (Phi) is 3.68. The lowest BCUT2D eigenvalue weighted by molar-refractivity contribution is -0.140. The van der Waals surface area contributed by atoms with E-state index in [1.807, 2.05) is 11.0 Å². The zero-order valence-electron chi connectivity index (χ0n) is 13.4. The fourth-order valence-electron chi connectivity index (χ4n) is 4.23. The van der Waals surface area contributed by atoms with Crippen LogP contribution in [0.4, 0.5) is 0 Å². The van der Waals surface area contributed by atoms with Crippen LogP contribution in [-0.4, -0.2) is 27.3 Å². The topological polar surface area (TPSA) is 49.0 Å². The molecular weight excluding hydrogens is 286 g/mol. The maximum Gasteiger partial charge on any atom is 0.233 e. The zero-order chi connectivity index (χ0) is 15.7. The molecule has 120 valence electrons. The first-order valence-electron chi connectivity index (χ1n) is 8.66. The molecule has 4 nitrogen and oxygen atoms in total. The van der Waals surface area contributed by atoms with Gasteiger partial charge in [0.15, 0.2) is 0 Å². The molecule has 23 heavy (non-hydrogen) atoms. The number of carbonyl (C=O) groups excluding carboxylic acids is 1. The van der Waals surface area contributed by atoms with Crippen molar-refractivity contribution in [1.29, 1.82) is 0 Å². The molecule has 2 aliphatic rings. The molecule has 0 radical (unpaired) electrons. The maximum atomic E-state index is 13.5. The fourth-order valence-corrected chi connectivity index (χ4v) is 4.23. The van der Waals surface area contributed by atoms with Gasteiger partial charge in [-0.2, -0.15) is 0 Å². The van der Waals surface area contributed by atoms with Crippen molar-refractivity contribution in [2.24, 2.45) is 0 Å². The number of amides is 1. The van der Waals surface area contributed by atoms with E-state index in [1.165, 1.54) is 12.0 Å². The van der Waals surface area contributed by atoms with Crippen LogP contribution in [0.1, 0.15) is 49.1 Å². The van der Waals surface area contributed by atoms with Gasteiger partial charge in [0.25, 0.3) is 0 Å². The second-order valence-corrected chi connectivity index (χ2v) is 6.81. The molecule has 4 rings (SSSR count). The van der Waals surface area contributed by atoms with Gasteiger partial charge in [-0.15, -0.1) is 0 Å². The van der Waals surface area contributed by atoms with E-state index < -0.39 is 0 Å². The number of imidazole rings is 1. The Morgan fingerprint density at radius 2 is 1.91 bits per heavy atom. The SMILES string of the molecule is O=C(N1CCc2nc[nH]c2C1)C1(c2ccccc2)CCCCC1. The molecular formula is C19H23N3O. The number of H-pyrrole nitrogens is 1. The third kappa shape index (κ3) is 2.46. The Labute approximate surface area is 136 Å². The lowest BCUT2D eigenvalue weighted by Gasteiger charge is -2.41. The first-order chi connectivity index (χ1) is 11.3. The minimum atomic E-state index is -0.322. The number of benzene rings is 1. The van der Waals surface area contributed by atoms with Gasteiger partial charge in [-0.1, -0.05) is 49.6 Å². The summed E-state index contributed by atoms with van der Waals surface area (Å²) >= 11 is 0. The van der Waals surface area contributed by atoms with Crippen LogP contribution >= 0.6 is 0 Å². The van der Waals surface area contributed by atoms with Crippen molar-refractivity contribution in [1.82, 2.24) is 14.9 Å². The average Bonchev–Trinajstić information content (AvgIpc) is 3.10. The second kappa shape index (κ2) is 5.84. The Bertz CT molecular complexity index is 686. The molecule has 1 saturated carbocycles. The van der Waals surface area contributed by atoms with Gasteiger partial charge in [0.1, 0.15) is 0 Å². The summed E-state index contributed by atoms with van der Waals surface area (Å²) in [4.78, 5) is 23.1. The van der Waals surface area contributed by atoms with Crippen molar-refractivity contribution in [2.75, 3.05) is 6.54 Å². The molecule has 1 aromatic heterocycles. The van der Waals surface area contributed by atoms with Crippen LogP contribution < -0.4 is 0 Å². The average molecular weight is 309 g/mol. The second-order valence-electron chi connectivity index (χ2n) is 6.81. The standard InChI is InChI=1S/C19H23N3O/c23-18(22-12-9-16-17(13-22)21-14-20-16)19(10-5-2-6-11-19)15-7-3-1-4-8-15/h1,3-4,7-8,14H,2,5-6,9-13H2,(H,20,21). The van der Waals surface area contributed by atoms with Crippen LogP contribution in [0.2, 0.25) is 0 Å². The molecule has 1 fully saturated rings. The highest BCUT2D eigenvalue weighted by Crippen LogP contribution is 2.41. The number of fused-ring (bicyclic) bond motifs is 1. The van der Waals surface area contributed by atoms with Crippen molar-refractivity contribution in [3.8, 4) is 0 Å². The molecule has 1 aromatic carbocycles. The van der Waals surface area contributed by atoms with E-state index in [0.29, 0.717) is 12.5 Å². The third-order valence-corrected chi connectivity index (χ3v) is 5.51. The quantitative estimate of drug-likeness (QED) is 0.926. The molecule has 2 heterocycles. The fraction of sp³-hybridized carbons (Fsp3) is 0.474. The normalized spacial score (nSPS) is 20.1. The first-order valence-corrected chi connectivity index (χ1v) is 8.66. The largest absolute Gasteiger partial charge is 0.347 e. The summed E-state index contributed by atoms with van der Waals surface area (Å²) in [5.74, 6) is 0.309. The summed E-state index contributed by atoms with van der Waals surface area (Å²) in [6.45, 7) is 1.45. The molecule has 0 spiro atoms. The zero-order valence-corrected chi connectivity index (χ0v) is 13.4. The van der Waals surface area contributed by atoms with Gasteiger partial charge in [0.05, 0.1) is 29.7 Å². The molecule has 4 heteroatoms. The van der Waals surface area contributed by atoms with Gasteiger partial charge >= 0.3 is 0 Å². The van der Waals surface area contributed by atoms with E-state index in [-0.39, 0.29) is 5.41 Å². The van der Waals surface area contributed by atoms with Crippen LogP contribution in [0.5, 0.6) is 0 Å². The number of aromatic nitrogens is 2. The summed E-state index contributed by atoms with van der Waals surface area (Å²) in [6.07, 6.45) is 8.08. The molecule has 1 aliphatic heterocycles. The first kappa shape index (κ1) is 14.5. The summed E-state index contributed by atoms with van der Waals surface area (Å²) in [5.41, 5.74) is 3.09. The summed E-state index contributed by atoms with van der Waals surface area (Å²) in [6, 6.07) is 10.4. The molecule has 1 amide bonds. The van der Waals surface area contributed by atoms with E-state index >= 15 is 0 Å². The molecule has 0 atom stereocenters. The Hall–Kier alpha value is -2.10. The van der Waals surface area contributed by atoms with Gasteiger partial charge in [-0.05, 0) is 18.4 Å². The van der Waals surface area contributed by atoms with Crippen LogP contribution in [0.15, 0.2) is 36.7 Å². The predicted octanol–water partition coefficient (Wildman–Crippen LogP) is 3.20. The number of nitrogens with one attached hydrogen (secondary N) is 1. The van der Waals surface area contributed by atoms with Crippen LogP contribution in [0.3, 0.4) is 0 Å². The van der Waals surface area contributed by atoms with Crippen molar-refractivity contribution in [2.45, 2.75) is 50.5 Å². The Morgan fingerprint density at radius 1 is 1.13 bits per heavy atom. The van der Waals surface area contributed by atoms with Gasteiger partial charge in [0, 0.05) is 13.0 Å². The number of rotatable bonds is 2. The monoisotopic (exact) mass is 309 g/mol. The van der Waals surface area contributed by atoms with Gasteiger partial charge in [-0.3, -0.25) is 4.79 Å². The lowest BCUT2D eigenvalue weighted by Crippen LogP contribution is -2.49. The van der Waals surface area contributed by atoms with E-state index in [0.717, 1.165) is 50.0 Å². The van der Waals surface area contributed by atoms with Crippen molar-refractivity contribution in [3.63, 3.8) is 0 Å². The van der Waals surface area contributed by atoms with E-state index in [2.05, 4.69) is 34.2 Å². The molecule has 2 aromatic rings. The minimum Gasteiger partial charge on any atom is -0.347 e. The number of hydrogen-bond acceptors (Lipinski definition) is 2. The Morgan fingerprint density at radius 3 is 2.70 bits per heavy atom. The van der Waals surface area contributed by atoms with Gasteiger partial charge in [-0.25, -0.2) is 4.98 Å². The number of carbonyl (C=O) groups is 1. The lowest BCUT2D eigenvalue weighted by atomic mass is 9.68. The number of hydrogen-bond donors (Lipinski definition) is 1. The smallest absolute Gasteiger partial charge is 0.233 e. The molecule has 1 aliphatic carbocycles. The van der Waals surface area contributed by atoms with Crippen LogP contribution in [0.25, 0.3) is 0 Å². The molecule has 0 bridgehead atoms. The third-order valence-electron chi connectivity index (χ3n) is 5.51. The molecule has 0 unspecified atom stereocenters. The number of aromatic amines is 1. The summed E-state index contributed by atoms with van der Waals surface area (Å²) in [5, 5.41) is 0. The maximum absolute atomic E-state index is 13.5. The molecule has 1 N–H and O–H groups in total. The van der Waals surface area contributed by atoms with Gasteiger partial charge < -0.3 is 9.88 Å². The number of nitrogens with zero attached hydrogens (tertiary/aromatic N) is 2. The van der Waals surface area contributed by atoms with Crippen molar-refractivity contribution in [3.05, 3.63) is 53.6 Å². The predicted molar refractivity (Wildman–Crippen MR) is 88.9 cm³/mol. The highest BCUT2D eigenvalue weighted by Gasteiger charge is 2.44. The minimum absolute atomic E-state index is 0.309. The van der Waals surface area contributed by atoms with Crippen LogP contribution in [-0.2, 0) is 23.2 Å². The van der Waals surface area contributed by atoms with E-state index in [4.69, 9.17) is 0 Å². The van der Waals surface area contributed by atoms with Crippen molar-refractivity contribution < 1.29 is 4.79 Å². The highest BCUT2D eigenvalue weighted by atomic mass is 16.2. The van der Waals surface area contributed by atoms with Gasteiger partial charge in [0.2, 0.25) is 5.91 Å². The Balaban J connectivity index is 1.66.